The van der Waals surface area contributed by atoms with E-state index in [1.807, 2.05) is 32.0 Å². The van der Waals surface area contributed by atoms with E-state index in [1.54, 1.807) is 25.2 Å². The van der Waals surface area contributed by atoms with Crippen molar-refractivity contribution in [3.05, 3.63) is 29.8 Å². The first-order valence-electron chi connectivity index (χ1n) is 6.75. The van der Waals surface area contributed by atoms with Gasteiger partial charge in [-0.15, -0.1) is 0 Å². The largest absolute Gasteiger partial charge is 0.324 e. The first-order chi connectivity index (χ1) is 9.28. The van der Waals surface area contributed by atoms with Crippen LogP contribution in [-0.2, 0) is 10.0 Å². The van der Waals surface area contributed by atoms with Gasteiger partial charge in [0.2, 0.25) is 10.0 Å². The molecule has 0 amide bonds. The Labute approximate surface area is 122 Å². The van der Waals surface area contributed by atoms with Crippen LogP contribution in [0.4, 0.5) is 0 Å². The smallest absolute Gasteiger partial charge is 0.242 e. The summed E-state index contributed by atoms with van der Waals surface area (Å²) in [6.45, 7) is 3.12. The van der Waals surface area contributed by atoms with Crippen LogP contribution in [0.1, 0.15) is 24.9 Å². The molecule has 1 aromatic carbocycles. The van der Waals surface area contributed by atoms with Crippen molar-refractivity contribution in [3.63, 3.8) is 0 Å². The highest BCUT2D eigenvalue weighted by atomic mass is 32.2. The number of rotatable bonds is 7. The van der Waals surface area contributed by atoms with Crippen LogP contribution in [0.25, 0.3) is 0 Å². The Morgan fingerprint density at radius 1 is 1.20 bits per heavy atom. The quantitative estimate of drug-likeness (QED) is 0.823. The lowest BCUT2D eigenvalue weighted by Gasteiger charge is -2.20. The molecule has 0 aliphatic carbocycles. The highest BCUT2D eigenvalue weighted by molar-refractivity contribution is 7.89. The number of nitrogens with zero attached hydrogens (tertiary/aromatic N) is 2. The molecule has 1 unspecified atom stereocenters. The zero-order valence-corrected chi connectivity index (χ0v) is 13.5. The fourth-order valence-electron chi connectivity index (χ4n) is 1.78. The molecule has 0 fully saturated rings. The summed E-state index contributed by atoms with van der Waals surface area (Å²) in [5.41, 5.74) is 6.82. The highest BCUT2D eigenvalue weighted by Crippen LogP contribution is 2.20. The van der Waals surface area contributed by atoms with Crippen molar-refractivity contribution in [2.75, 3.05) is 34.2 Å². The van der Waals surface area contributed by atoms with E-state index < -0.39 is 10.0 Å². The molecule has 20 heavy (non-hydrogen) atoms. The minimum absolute atomic E-state index is 0.128. The Morgan fingerprint density at radius 2 is 1.85 bits per heavy atom. The number of hydrogen-bond donors (Lipinski definition) is 1. The topological polar surface area (TPSA) is 66.6 Å². The van der Waals surface area contributed by atoms with Crippen molar-refractivity contribution in [2.24, 2.45) is 5.73 Å². The van der Waals surface area contributed by atoms with Gasteiger partial charge in [0.25, 0.3) is 0 Å². The Balaban J connectivity index is 2.97. The van der Waals surface area contributed by atoms with Gasteiger partial charge in [-0.1, -0.05) is 19.1 Å². The van der Waals surface area contributed by atoms with Crippen molar-refractivity contribution >= 4 is 10.0 Å². The molecule has 0 aromatic heterocycles. The van der Waals surface area contributed by atoms with Gasteiger partial charge in [-0.2, -0.15) is 4.31 Å². The highest BCUT2D eigenvalue weighted by Gasteiger charge is 2.21. The molecule has 0 saturated heterocycles. The Morgan fingerprint density at radius 3 is 2.40 bits per heavy atom. The number of likely N-dealkylation sites (N-methyl/N-ethyl adjacent to an activating group) is 2. The zero-order valence-electron chi connectivity index (χ0n) is 12.7. The zero-order chi connectivity index (χ0) is 15.3. The molecule has 1 aromatic rings. The van der Waals surface area contributed by atoms with Crippen LogP contribution in [0, 0.1) is 0 Å². The second-order valence-corrected chi connectivity index (χ2v) is 7.26. The van der Waals surface area contributed by atoms with E-state index in [2.05, 4.69) is 0 Å². The molecule has 0 spiro atoms. The molecule has 0 saturated carbocycles. The van der Waals surface area contributed by atoms with Gasteiger partial charge >= 0.3 is 0 Å². The van der Waals surface area contributed by atoms with Crippen LogP contribution in [0.15, 0.2) is 29.2 Å². The molecule has 2 N–H and O–H groups in total. The summed E-state index contributed by atoms with van der Waals surface area (Å²) < 4.78 is 26.3. The minimum Gasteiger partial charge on any atom is -0.324 e. The van der Waals surface area contributed by atoms with Gasteiger partial charge in [0, 0.05) is 26.2 Å². The van der Waals surface area contributed by atoms with Gasteiger partial charge < -0.3 is 10.6 Å². The van der Waals surface area contributed by atoms with Gasteiger partial charge in [-0.25, -0.2) is 8.42 Å². The fourth-order valence-corrected chi connectivity index (χ4v) is 3.00. The molecule has 5 nitrogen and oxygen atoms in total. The third kappa shape index (κ3) is 4.28. The van der Waals surface area contributed by atoms with Crippen LogP contribution in [0.2, 0.25) is 0 Å². The average molecular weight is 299 g/mol. The van der Waals surface area contributed by atoms with Crippen LogP contribution >= 0.6 is 0 Å². The predicted molar refractivity (Wildman–Crippen MR) is 82.0 cm³/mol. The molecule has 1 atom stereocenters. The average Bonchev–Trinajstić information content (AvgIpc) is 2.43. The van der Waals surface area contributed by atoms with Crippen molar-refractivity contribution in [2.45, 2.75) is 24.3 Å². The Hall–Kier alpha value is -0.950. The minimum atomic E-state index is -3.45. The summed E-state index contributed by atoms with van der Waals surface area (Å²) in [7, 11) is 1.99. The van der Waals surface area contributed by atoms with Gasteiger partial charge in [0.1, 0.15) is 0 Å². The summed E-state index contributed by atoms with van der Waals surface area (Å²) in [4.78, 5) is 2.26. The van der Waals surface area contributed by atoms with Gasteiger partial charge in [-0.3, -0.25) is 0 Å². The molecule has 0 bridgehead atoms. The van der Waals surface area contributed by atoms with Gasteiger partial charge in [0.05, 0.1) is 4.90 Å². The van der Waals surface area contributed by atoms with Crippen molar-refractivity contribution in [1.29, 1.82) is 0 Å². The lowest BCUT2D eigenvalue weighted by molar-refractivity contribution is 0.358. The number of sulfonamides is 1. The van der Waals surface area contributed by atoms with Gasteiger partial charge in [-0.05, 0) is 38.2 Å². The summed E-state index contributed by atoms with van der Waals surface area (Å²) >= 11 is 0. The molecular weight excluding hydrogens is 274 g/mol. The number of nitrogens with two attached hydrogens (primary N) is 1. The first-order valence-corrected chi connectivity index (χ1v) is 8.19. The van der Waals surface area contributed by atoms with Crippen molar-refractivity contribution in [3.8, 4) is 0 Å². The lowest BCUT2D eigenvalue weighted by atomic mass is 10.1. The maximum absolute atomic E-state index is 12.5. The van der Waals surface area contributed by atoms with Crippen LogP contribution < -0.4 is 5.73 Å². The third-order valence-electron chi connectivity index (χ3n) is 3.30. The molecule has 6 heteroatoms. The van der Waals surface area contributed by atoms with Crippen LogP contribution in [-0.4, -0.2) is 51.9 Å². The van der Waals surface area contributed by atoms with Crippen molar-refractivity contribution in [1.82, 2.24) is 9.21 Å². The van der Waals surface area contributed by atoms with Crippen molar-refractivity contribution < 1.29 is 8.42 Å². The standard InChI is InChI=1S/C14H25N3O2S/c1-5-14(15)12-7-6-8-13(11-12)20(18,19)17(4)10-9-16(2)3/h6-8,11,14H,5,9-10,15H2,1-4H3. The van der Waals surface area contributed by atoms with E-state index in [0.717, 1.165) is 12.0 Å². The van der Waals surface area contributed by atoms with E-state index in [0.29, 0.717) is 18.0 Å². The fraction of sp³-hybridized carbons (Fsp3) is 0.571. The molecule has 0 radical (unpaired) electrons. The summed E-state index contributed by atoms with van der Waals surface area (Å²) in [6, 6.07) is 6.78. The number of benzene rings is 1. The SMILES string of the molecule is CCC(N)c1cccc(S(=O)(=O)N(C)CCN(C)C)c1. The second kappa shape index (κ2) is 7.17. The van der Waals surface area contributed by atoms with Gasteiger partial charge in [0.15, 0.2) is 0 Å². The molecular formula is C14H25N3O2S. The molecule has 1 rings (SSSR count). The van der Waals surface area contributed by atoms with E-state index in [1.165, 1.54) is 4.31 Å². The maximum Gasteiger partial charge on any atom is 0.242 e. The summed E-state index contributed by atoms with van der Waals surface area (Å²) in [6.07, 6.45) is 0.778. The normalized spacial score (nSPS) is 13.9. The third-order valence-corrected chi connectivity index (χ3v) is 5.15. The number of hydrogen-bond acceptors (Lipinski definition) is 4. The van der Waals surface area contributed by atoms with Crippen LogP contribution in [0.3, 0.4) is 0 Å². The second-order valence-electron chi connectivity index (χ2n) is 5.22. The van der Waals surface area contributed by atoms with E-state index in [9.17, 15) is 8.42 Å². The lowest BCUT2D eigenvalue weighted by Crippen LogP contribution is -2.33. The molecule has 114 valence electrons. The Kier molecular flexibility index (Phi) is 6.13. The first kappa shape index (κ1) is 17.1. The van der Waals surface area contributed by atoms with E-state index in [4.69, 9.17) is 5.73 Å². The Bertz CT molecular complexity index is 529. The predicted octanol–water partition coefficient (Wildman–Crippen LogP) is 1.28. The molecule has 0 aliphatic rings. The monoisotopic (exact) mass is 299 g/mol. The van der Waals surface area contributed by atoms with E-state index in [-0.39, 0.29) is 6.04 Å². The van der Waals surface area contributed by atoms with Crippen LogP contribution in [0.5, 0.6) is 0 Å². The van der Waals surface area contributed by atoms with E-state index >= 15 is 0 Å². The molecule has 0 aliphatic heterocycles. The summed E-state index contributed by atoms with van der Waals surface area (Å²) in [5, 5.41) is 0. The molecule has 0 heterocycles. The maximum atomic E-state index is 12.5. The summed E-state index contributed by atoms with van der Waals surface area (Å²) in [5.74, 6) is 0.